The predicted molar refractivity (Wildman–Crippen MR) is 144 cm³/mol. The first kappa shape index (κ1) is 27.3. The Balaban J connectivity index is 1.43. The number of carbonyl (C=O) groups excluding carboxylic acids is 1. The number of ether oxygens (including phenoxy) is 1. The van der Waals surface area contributed by atoms with Crippen molar-refractivity contribution in [1.29, 1.82) is 0 Å². The zero-order valence-corrected chi connectivity index (χ0v) is 22.8. The molecule has 1 aromatic heterocycles. The van der Waals surface area contributed by atoms with E-state index in [1.165, 1.54) is 0 Å². The van der Waals surface area contributed by atoms with Gasteiger partial charge < -0.3 is 10.1 Å². The second kappa shape index (κ2) is 12.2. The number of benzene rings is 1. The van der Waals surface area contributed by atoms with Gasteiger partial charge in [0, 0.05) is 71.9 Å². The van der Waals surface area contributed by atoms with E-state index in [0.717, 1.165) is 49.4 Å². The Morgan fingerprint density at radius 3 is 2.58 bits per heavy atom. The molecule has 2 atom stereocenters. The van der Waals surface area contributed by atoms with Crippen LogP contribution in [0.4, 0.5) is 5.69 Å². The Kier molecular flexibility index (Phi) is 9.28. The monoisotopic (exact) mass is 553 g/mol. The smallest absolute Gasteiger partial charge is 0.211 e. The molecule has 2 aliphatic rings. The summed E-state index contributed by atoms with van der Waals surface area (Å²) in [7, 11) is -3.28. The first-order valence-corrected chi connectivity index (χ1v) is 14.9. The molecule has 0 spiro atoms. The lowest BCUT2D eigenvalue weighted by Crippen LogP contribution is -2.34. The quantitative estimate of drug-likeness (QED) is 0.424. The van der Waals surface area contributed by atoms with E-state index in [1.54, 1.807) is 13.1 Å². The van der Waals surface area contributed by atoms with Crippen LogP contribution in [-0.2, 0) is 26.0 Å². The van der Waals surface area contributed by atoms with E-state index in [1.807, 2.05) is 24.3 Å². The Morgan fingerprint density at radius 2 is 1.83 bits per heavy atom. The number of hydrogen-bond donors (Lipinski definition) is 2. The molecular weight excluding hydrogens is 521 g/mol. The maximum absolute atomic E-state index is 13.0. The molecule has 0 radical (unpaired) electrons. The van der Waals surface area contributed by atoms with Crippen molar-refractivity contribution in [3.8, 4) is 11.1 Å². The number of anilines is 1. The fourth-order valence-electron chi connectivity index (χ4n) is 4.88. The van der Waals surface area contributed by atoms with Crippen molar-refractivity contribution in [3.63, 3.8) is 0 Å². The second-order valence-corrected chi connectivity index (χ2v) is 12.5. The first-order chi connectivity index (χ1) is 17.2. The Bertz CT molecular complexity index is 1190. The number of rotatable bonds is 10. The van der Waals surface area contributed by atoms with Gasteiger partial charge in [0.2, 0.25) is 10.0 Å². The Labute approximate surface area is 223 Å². The van der Waals surface area contributed by atoms with Crippen LogP contribution in [0.2, 0.25) is 10.0 Å². The molecule has 2 fully saturated rings. The third kappa shape index (κ3) is 7.19. The lowest BCUT2D eigenvalue weighted by atomic mass is 9.97. The molecule has 1 aliphatic heterocycles. The lowest BCUT2D eigenvalue weighted by Gasteiger charge is -2.23. The summed E-state index contributed by atoms with van der Waals surface area (Å²) in [5.74, 6) is 0.491. The molecule has 1 aromatic carbocycles. The largest absolute Gasteiger partial charge is 0.385 e. The molecule has 36 heavy (non-hydrogen) atoms. The van der Waals surface area contributed by atoms with E-state index in [4.69, 9.17) is 27.9 Å². The highest BCUT2D eigenvalue weighted by molar-refractivity contribution is 7.89. The summed E-state index contributed by atoms with van der Waals surface area (Å²) in [4.78, 5) is 17.4. The first-order valence-electron chi connectivity index (χ1n) is 12.5. The highest BCUT2D eigenvalue weighted by Crippen LogP contribution is 2.36. The van der Waals surface area contributed by atoms with Gasteiger partial charge >= 0.3 is 0 Å². The number of aromatic nitrogens is 1. The zero-order valence-electron chi connectivity index (χ0n) is 20.4. The van der Waals surface area contributed by atoms with Crippen molar-refractivity contribution in [2.24, 2.45) is 11.8 Å². The van der Waals surface area contributed by atoms with Gasteiger partial charge in [-0.25, -0.2) is 13.1 Å². The Hall–Kier alpha value is -1.71. The number of hydrogen-bond acceptors (Lipinski definition) is 6. The summed E-state index contributed by atoms with van der Waals surface area (Å²) in [6, 6.07) is 7.42. The van der Waals surface area contributed by atoms with Crippen LogP contribution in [0, 0.1) is 11.8 Å². The lowest BCUT2D eigenvalue weighted by molar-refractivity contribution is -0.122. The highest BCUT2D eigenvalue weighted by Gasteiger charge is 2.32. The molecule has 1 saturated heterocycles. The van der Waals surface area contributed by atoms with E-state index in [2.05, 4.69) is 15.0 Å². The number of halogens is 2. The molecule has 4 rings (SSSR count). The molecule has 196 valence electrons. The molecule has 0 bridgehead atoms. The molecule has 10 heteroatoms. The van der Waals surface area contributed by atoms with Crippen LogP contribution >= 0.6 is 23.2 Å². The summed E-state index contributed by atoms with van der Waals surface area (Å²) in [5.41, 5.74) is 3.09. The molecule has 0 unspecified atom stereocenters. The van der Waals surface area contributed by atoms with E-state index in [-0.39, 0.29) is 29.9 Å². The molecular formula is C26H33Cl2N3O4S. The van der Waals surface area contributed by atoms with Crippen molar-refractivity contribution < 1.29 is 17.9 Å². The molecule has 2 N–H and O–H groups in total. The molecule has 1 saturated carbocycles. The normalized spacial score (nSPS) is 21.0. The topological polar surface area (TPSA) is 97.4 Å². The van der Waals surface area contributed by atoms with E-state index >= 15 is 0 Å². The van der Waals surface area contributed by atoms with Crippen LogP contribution in [0.5, 0.6) is 0 Å². The standard InChI is InChI=1S/C26H33Cl2N3O4S/c1-2-36(33,34)31-20-4-3-18(11-20)26(32)14-21-13-23(25(28)16-30-21)22-12-19(5-6-24(22)27)29-15-17-7-9-35-10-8-17/h5-6,12-13,16-18,20,29,31H,2-4,7-11,14-15H2,1H3/t18-,20+/m0/s1. The number of pyridine rings is 1. The maximum atomic E-state index is 13.0. The van der Waals surface area contributed by atoms with Gasteiger partial charge in [0.05, 0.1) is 10.8 Å². The fourth-order valence-corrected chi connectivity index (χ4v) is 6.19. The van der Waals surface area contributed by atoms with Crippen LogP contribution in [0.1, 0.15) is 44.7 Å². The van der Waals surface area contributed by atoms with Crippen molar-refractivity contribution >= 4 is 44.7 Å². The minimum atomic E-state index is -3.28. The maximum Gasteiger partial charge on any atom is 0.211 e. The minimum Gasteiger partial charge on any atom is -0.385 e. The molecule has 2 aromatic rings. The average molecular weight is 555 g/mol. The van der Waals surface area contributed by atoms with Gasteiger partial charge in [-0.1, -0.05) is 23.2 Å². The number of nitrogens with one attached hydrogen (secondary N) is 2. The van der Waals surface area contributed by atoms with E-state index in [9.17, 15) is 13.2 Å². The van der Waals surface area contributed by atoms with Crippen molar-refractivity contribution in [3.05, 3.63) is 46.2 Å². The van der Waals surface area contributed by atoms with Gasteiger partial charge in [-0.15, -0.1) is 0 Å². The third-order valence-electron chi connectivity index (χ3n) is 7.07. The van der Waals surface area contributed by atoms with Crippen molar-refractivity contribution in [1.82, 2.24) is 9.71 Å². The van der Waals surface area contributed by atoms with Gasteiger partial charge in [-0.2, -0.15) is 0 Å². The average Bonchev–Trinajstić information content (AvgIpc) is 3.33. The summed E-state index contributed by atoms with van der Waals surface area (Å²) in [5, 5.41) is 4.53. The number of carbonyl (C=O) groups is 1. The van der Waals surface area contributed by atoms with Gasteiger partial charge in [-0.3, -0.25) is 9.78 Å². The number of nitrogens with zero attached hydrogens (tertiary/aromatic N) is 1. The second-order valence-electron chi connectivity index (χ2n) is 9.66. The van der Waals surface area contributed by atoms with Crippen LogP contribution in [0.25, 0.3) is 11.1 Å². The Morgan fingerprint density at radius 1 is 1.08 bits per heavy atom. The SMILES string of the molecule is CCS(=O)(=O)N[C@@H]1CC[C@H](C(=O)Cc2cc(-c3cc(NCC4CCOCC4)ccc3Cl)c(Cl)cn2)C1. The van der Waals surface area contributed by atoms with Crippen molar-refractivity contribution in [2.75, 3.05) is 30.8 Å². The summed E-state index contributed by atoms with van der Waals surface area (Å²) >= 11 is 13.1. The summed E-state index contributed by atoms with van der Waals surface area (Å²) in [6.45, 7) is 4.09. The van der Waals surface area contributed by atoms with Gasteiger partial charge in [0.1, 0.15) is 5.78 Å². The molecule has 0 amide bonds. The molecule has 7 nitrogen and oxygen atoms in total. The van der Waals surface area contributed by atoms with E-state index < -0.39 is 10.0 Å². The minimum absolute atomic E-state index is 0.0361. The molecule has 2 heterocycles. The highest BCUT2D eigenvalue weighted by atomic mass is 35.5. The number of ketones is 1. The van der Waals surface area contributed by atoms with Gasteiger partial charge in [0.25, 0.3) is 0 Å². The van der Waals surface area contributed by atoms with Crippen LogP contribution in [-0.4, -0.2) is 50.7 Å². The third-order valence-corrected chi connectivity index (χ3v) is 9.16. The summed E-state index contributed by atoms with van der Waals surface area (Å²) in [6.07, 6.45) is 5.68. The van der Waals surface area contributed by atoms with Crippen LogP contribution < -0.4 is 10.0 Å². The van der Waals surface area contributed by atoms with Crippen molar-refractivity contribution in [2.45, 2.75) is 51.5 Å². The van der Waals surface area contributed by atoms with Gasteiger partial charge in [-0.05, 0) is 69.2 Å². The zero-order chi connectivity index (χ0) is 25.7. The van der Waals surface area contributed by atoms with Crippen LogP contribution in [0.3, 0.4) is 0 Å². The van der Waals surface area contributed by atoms with Gasteiger partial charge in [0.15, 0.2) is 0 Å². The van der Waals surface area contributed by atoms with E-state index in [0.29, 0.717) is 40.9 Å². The summed E-state index contributed by atoms with van der Waals surface area (Å²) < 4.78 is 31.9. The fraction of sp³-hybridized carbons (Fsp3) is 0.538. The number of sulfonamides is 1. The van der Waals surface area contributed by atoms with Crippen LogP contribution in [0.15, 0.2) is 30.5 Å². The predicted octanol–water partition coefficient (Wildman–Crippen LogP) is 5.11. The number of Topliss-reactive ketones (excluding diaryl/α,β-unsaturated/α-hetero) is 1. The molecule has 1 aliphatic carbocycles.